The average molecular weight is 671 g/mol. The fraction of sp³-hybridized carbons (Fsp3) is 0.923. The lowest BCUT2D eigenvalue weighted by Gasteiger charge is -2.29. The zero-order valence-electron chi connectivity index (χ0n) is 24.7. The van der Waals surface area contributed by atoms with Crippen molar-refractivity contribution in [2.75, 3.05) is 13.2 Å². The molecule has 0 aliphatic carbocycles. The van der Waals surface area contributed by atoms with Gasteiger partial charge in [-0.1, -0.05) is 0 Å². The molecular weight excluding hydrogens is 633 g/mol. The van der Waals surface area contributed by atoms with E-state index in [1.54, 1.807) is 0 Å². The lowest BCUT2D eigenvalue weighted by molar-refractivity contribution is -0.231. The number of thiocarbonyl (C=S) groups is 2. The van der Waals surface area contributed by atoms with Crippen LogP contribution in [-0.2, 0) is 56.8 Å². The summed E-state index contributed by atoms with van der Waals surface area (Å²) in [6, 6.07) is 0. The van der Waals surface area contributed by atoms with E-state index in [1.165, 1.54) is 0 Å². The first kappa shape index (κ1) is 32.0. The molecule has 12 nitrogen and oxygen atoms in total. The number of ether oxygens (including phenoxy) is 12. The minimum absolute atomic E-state index is 0.227. The van der Waals surface area contributed by atoms with Crippen molar-refractivity contribution < 1.29 is 56.8 Å². The maximum atomic E-state index is 6.24. The molecule has 0 N–H and O–H groups in total. The van der Waals surface area contributed by atoms with Crippen LogP contribution in [0.2, 0.25) is 0 Å². The Balaban J connectivity index is 1.07. The Labute approximate surface area is 264 Å². The van der Waals surface area contributed by atoms with Crippen molar-refractivity contribution in [1.29, 1.82) is 0 Å². The summed E-state index contributed by atoms with van der Waals surface area (Å²) in [7, 11) is 2.32. The van der Waals surface area contributed by atoms with Gasteiger partial charge in [-0.2, -0.15) is 0 Å². The molecule has 6 heterocycles. The molecule has 0 unspecified atom stereocenters. The van der Waals surface area contributed by atoms with Crippen LogP contribution >= 0.6 is 46.0 Å². The highest BCUT2D eigenvalue weighted by Gasteiger charge is 2.61. The van der Waals surface area contributed by atoms with Crippen molar-refractivity contribution in [3.05, 3.63) is 0 Å². The standard InChI is InChI=1S/C26H38O12S4/c1-23(2)27-9-11(33-23)13-15(17-19(29-13)37-25(5,6)35-17)31-21(39)41-42-22(40)32-16-14(12-10-28-24(3,4)34-12)30-20-18(16)36-26(7,8)38-20/h11-20H,9-10H2,1-8H3/t11-,12+,13-,14+,15+,16-,17-,18-,19+,20+/m1/s1. The Morgan fingerprint density at radius 3 is 1.26 bits per heavy atom. The van der Waals surface area contributed by atoms with Gasteiger partial charge in [0.1, 0.15) is 24.4 Å². The van der Waals surface area contributed by atoms with Crippen LogP contribution in [0.1, 0.15) is 55.4 Å². The molecule has 6 fully saturated rings. The Hall–Kier alpha value is 0.0800. The van der Waals surface area contributed by atoms with Gasteiger partial charge in [0, 0.05) is 21.6 Å². The third kappa shape index (κ3) is 6.77. The summed E-state index contributed by atoms with van der Waals surface area (Å²) in [5.41, 5.74) is 0. The fourth-order valence-corrected chi connectivity index (χ4v) is 7.87. The van der Waals surface area contributed by atoms with E-state index in [1.807, 2.05) is 55.4 Å². The normalized spacial score (nSPS) is 44.2. The zero-order chi connectivity index (χ0) is 30.2. The molecule has 238 valence electrons. The topological polar surface area (TPSA) is 111 Å². The van der Waals surface area contributed by atoms with Gasteiger partial charge < -0.3 is 56.8 Å². The van der Waals surface area contributed by atoms with E-state index in [0.717, 1.165) is 21.6 Å². The summed E-state index contributed by atoms with van der Waals surface area (Å²) < 4.78 is 73.1. The van der Waals surface area contributed by atoms with Gasteiger partial charge >= 0.3 is 0 Å². The van der Waals surface area contributed by atoms with Crippen LogP contribution in [0.15, 0.2) is 0 Å². The predicted molar refractivity (Wildman–Crippen MR) is 157 cm³/mol. The molecule has 6 saturated heterocycles. The van der Waals surface area contributed by atoms with Crippen LogP contribution in [0.4, 0.5) is 0 Å². The van der Waals surface area contributed by atoms with Crippen molar-refractivity contribution in [2.45, 2.75) is 140 Å². The summed E-state index contributed by atoms with van der Waals surface area (Å²) >= 11 is 11.2. The molecule has 0 aromatic carbocycles. The third-order valence-corrected chi connectivity index (χ3v) is 10.5. The summed E-state index contributed by atoms with van der Waals surface area (Å²) in [5, 5.41) is 0. The van der Waals surface area contributed by atoms with Gasteiger partial charge in [0.15, 0.2) is 60.1 Å². The second-order valence-electron chi connectivity index (χ2n) is 12.7. The summed E-state index contributed by atoms with van der Waals surface area (Å²) in [6.07, 6.45) is -5.21. The Bertz CT molecular complexity index is 990. The van der Waals surface area contributed by atoms with E-state index in [4.69, 9.17) is 81.3 Å². The van der Waals surface area contributed by atoms with Gasteiger partial charge in [-0.3, -0.25) is 0 Å². The van der Waals surface area contributed by atoms with E-state index in [9.17, 15) is 0 Å². The highest BCUT2D eigenvalue weighted by Crippen LogP contribution is 2.45. The second kappa shape index (κ2) is 11.4. The van der Waals surface area contributed by atoms with Crippen LogP contribution in [0, 0.1) is 0 Å². The molecule has 42 heavy (non-hydrogen) atoms. The number of rotatable bonds is 4. The Kier molecular flexibility index (Phi) is 8.70. The van der Waals surface area contributed by atoms with Crippen LogP contribution in [0.5, 0.6) is 0 Å². The van der Waals surface area contributed by atoms with Crippen molar-refractivity contribution in [3.63, 3.8) is 0 Å². The fourth-order valence-electron chi connectivity index (χ4n) is 5.96. The Morgan fingerprint density at radius 2 is 0.929 bits per heavy atom. The van der Waals surface area contributed by atoms with Crippen LogP contribution < -0.4 is 0 Å². The first-order valence-electron chi connectivity index (χ1n) is 13.9. The number of fused-ring (bicyclic) bond motifs is 2. The van der Waals surface area contributed by atoms with Crippen molar-refractivity contribution in [3.8, 4) is 0 Å². The highest BCUT2D eigenvalue weighted by atomic mass is 33.1. The van der Waals surface area contributed by atoms with Gasteiger partial charge in [0.05, 0.1) is 13.2 Å². The van der Waals surface area contributed by atoms with Crippen LogP contribution in [0.3, 0.4) is 0 Å². The smallest absolute Gasteiger partial charge is 0.231 e. The van der Waals surface area contributed by atoms with Crippen LogP contribution in [0.25, 0.3) is 0 Å². The maximum absolute atomic E-state index is 6.24. The molecule has 0 spiro atoms. The van der Waals surface area contributed by atoms with E-state index >= 15 is 0 Å². The van der Waals surface area contributed by atoms with Crippen molar-refractivity contribution in [2.24, 2.45) is 0 Å². The monoisotopic (exact) mass is 670 g/mol. The number of hydrogen-bond acceptors (Lipinski definition) is 16. The summed E-state index contributed by atoms with van der Waals surface area (Å²) in [5.74, 6) is -3.12. The summed E-state index contributed by atoms with van der Waals surface area (Å²) in [4.78, 5) is 0. The molecule has 0 radical (unpaired) electrons. The molecular formula is C26H38O12S4. The molecule has 0 amide bonds. The molecule has 0 bridgehead atoms. The van der Waals surface area contributed by atoms with Gasteiger partial charge in [-0.05, 0) is 79.8 Å². The first-order valence-corrected chi connectivity index (χ1v) is 16.9. The molecule has 10 atom stereocenters. The third-order valence-electron chi connectivity index (χ3n) is 7.49. The molecule has 6 rings (SSSR count). The lowest BCUT2D eigenvalue weighted by Crippen LogP contribution is -2.45. The van der Waals surface area contributed by atoms with Gasteiger partial charge in [0.25, 0.3) is 0 Å². The van der Waals surface area contributed by atoms with Crippen LogP contribution in [-0.4, -0.2) is 107 Å². The Morgan fingerprint density at radius 1 is 0.548 bits per heavy atom. The second-order valence-corrected chi connectivity index (χ2v) is 16.0. The minimum atomic E-state index is -0.825. The maximum Gasteiger partial charge on any atom is 0.231 e. The van der Waals surface area contributed by atoms with E-state index in [2.05, 4.69) is 0 Å². The van der Waals surface area contributed by atoms with E-state index < -0.39 is 72.4 Å². The lowest BCUT2D eigenvalue weighted by atomic mass is 10.1. The SMILES string of the molecule is CC1(C)O[C@@H]2O[C@@H]([C@@H]3COC(C)(C)O3)[C@@H](OC(=S)SSC(=S)O[C@@H]3[C@H]4OC(C)(C)O[C@@H]4O[C@@H]3[C@H]3COC(C)(C)O3)[C@H]2O1. The van der Waals surface area contributed by atoms with E-state index in [-0.39, 0.29) is 21.0 Å². The molecule has 6 aliphatic rings. The molecule has 16 heteroatoms. The molecule has 0 saturated carbocycles. The predicted octanol–water partition coefficient (Wildman–Crippen LogP) is 3.76. The highest BCUT2D eigenvalue weighted by molar-refractivity contribution is 8.89. The van der Waals surface area contributed by atoms with Crippen molar-refractivity contribution in [1.82, 2.24) is 0 Å². The largest absolute Gasteiger partial charge is 0.469 e. The summed E-state index contributed by atoms with van der Waals surface area (Å²) in [6.45, 7) is 15.4. The molecule has 6 aliphatic heterocycles. The van der Waals surface area contributed by atoms with Crippen molar-refractivity contribution >= 4 is 54.8 Å². The number of hydrogen-bond donors (Lipinski definition) is 0. The molecule has 0 aromatic heterocycles. The minimum Gasteiger partial charge on any atom is -0.469 e. The van der Waals surface area contributed by atoms with E-state index in [0.29, 0.717) is 13.2 Å². The van der Waals surface area contributed by atoms with Gasteiger partial charge in [0.2, 0.25) is 8.77 Å². The van der Waals surface area contributed by atoms with Gasteiger partial charge in [-0.25, -0.2) is 0 Å². The average Bonchev–Trinajstić information content (AvgIpc) is 3.67. The quantitative estimate of drug-likeness (QED) is 0.319. The molecule has 0 aromatic rings. The zero-order valence-corrected chi connectivity index (χ0v) is 28.0. The first-order chi connectivity index (χ1) is 19.5. The van der Waals surface area contributed by atoms with Gasteiger partial charge in [-0.15, -0.1) is 0 Å².